The molecule has 1 fully saturated rings. The number of aryl methyl sites for hydroxylation is 1. The third-order valence-electron chi connectivity index (χ3n) is 4.76. The second-order valence-corrected chi connectivity index (χ2v) is 6.26. The fraction of sp³-hybridized carbons (Fsp3) is 0.611. The van der Waals surface area contributed by atoms with Crippen molar-refractivity contribution in [2.75, 3.05) is 14.2 Å². The first kappa shape index (κ1) is 18.2. The number of ketones is 1. The van der Waals surface area contributed by atoms with Gasteiger partial charge in [0.05, 0.1) is 26.3 Å². The maximum absolute atomic E-state index is 12.8. The van der Waals surface area contributed by atoms with E-state index in [0.29, 0.717) is 12.1 Å². The molecule has 6 heteroatoms. The number of Topliss-reactive ketones (excluding diaryl/α,β-unsaturated/α-hetero) is 1. The largest absolute Gasteiger partial charge is 0.469 e. The first-order valence-electron chi connectivity index (χ1n) is 8.36. The summed E-state index contributed by atoms with van der Waals surface area (Å²) in [7, 11) is 2.67. The van der Waals surface area contributed by atoms with Crippen LogP contribution in [0, 0.1) is 12.8 Å². The summed E-state index contributed by atoms with van der Waals surface area (Å²) in [4.78, 5) is 39.2. The van der Waals surface area contributed by atoms with E-state index in [4.69, 9.17) is 9.47 Å². The van der Waals surface area contributed by atoms with Crippen LogP contribution in [0.4, 0.5) is 0 Å². The Bertz CT molecular complexity index is 626. The molecule has 0 radical (unpaired) electrons. The molecule has 0 unspecified atom stereocenters. The lowest BCUT2D eigenvalue weighted by Gasteiger charge is -2.10. The van der Waals surface area contributed by atoms with Crippen LogP contribution in [0.2, 0.25) is 0 Å². The van der Waals surface area contributed by atoms with Gasteiger partial charge in [-0.3, -0.25) is 14.4 Å². The number of methoxy groups -OCH3 is 2. The molecule has 0 amide bonds. The van der Waals surface area contributed by atoms with E-state index in [0.717, 1.165) is 42.5 Å². The number of carbonyl (C=O) groups excluding carboxylic acids is 3. The molecular weight excluding hydrogens is 310 g/mol. The third-order valence-corrected chi connectivity index (χ3v) is 4.76. The molecule has 1 heterocycles. The van der Waals surface area contributed by atoms with E-state index in [1.165, 1.54) is 14.2 Å². The minimum Gasteiger partial charge on any atom is -0.469 e. The van der Waals surface area contributed by atoms with E-state index in [1.807, 2.05) is 6.92 Å². The Labute approximate surface area is 141 Å². The Kier molecular flexibility index (Phi) is 6.17. The van der Waals surface area contributed by atoms with Crippen molar-refractivity contribution < 1.29 is 23.9 Å². The predicted octanol–water partition coefficient (Wildman–Crippen LogP) is 2.52. The Balaban J connectivity index is 2.33. The number of carbonyl (C=O) groups is 3. The molecule has 0 aliphatic heterocycles. The number of aromatic amines is 1. The van der Waals surface area contributed by atoms with Gasteiger partial charge in [-0.1, -0.05) is 12.8 Å². The highest BCUT2D eigenvalue weighted by Gasteiger charge is 2.29. The summed E-state index contributed by atoms with van der Waals surface area (Å²) in [6.45, 7) is 1.84. The molecule has 1 N–H and O–H groups in total. The Hall–Kier alpha value is -2.11. The van der Waals surface area contributed by atoms with Crippen molar-refractivity contribution >= 4 is 17.7 Å². The second-order valence-electron chi connectivity index (χ2n) is 6.26. The number of ether oxygens (including phenoxy) is 2. The van der Waals surface area contributed by atoms with Gasteiger partial charge in [-0.05, 0) is 37.3 Å². The topological polar surface area (TPSA) is 85.5 Å². The van der Waals surface area contributed by atoms with Gasteiger partial charge in [-0.15, -0.1) is 0 Å². The van der Waals surface area contributed by atoms with E-state index in [1.54, 1.807) is 0 Å². The van der Waals surface area contributed by atoms with Gasteiger partial charge >= 0.3 is 11.9 Å². The van der Waals surface area contributed by atoms with Gasteiger partial charge in [0, 0.05) is 18.0 Å². The van der Waals surface area contributed by atoms with Crippen LogP contribution < -0.4 is 0 Å². The van der Waals surface area contributed by atoms with E-state index in [9.17, 15) is 14.4 Å². The number of rotatable bonds is 7. The zero-order chi connectivity index (χ0) is 17.7. The van der Waals surface area contributed by atoms with E-state index in [2.05, 4.69) is 4.98 Å². The minimum atomic E-state index is -0.365. The SMILES string of the molecule is COC(=O)CCc1c(C(=O)C2CCCC2)[nH]c(C)c1CC(=O)OC. The van der Waals surface area contributed by atoms with Crippen molar-refractivity contribution in [1.82, 2.24) is 4.98 Å². The van der Waals surface area contributed by atoms with Crippen molar-refractivity contribution in [3.8, 4) is 0 Å². The number of aromatic nitrogens is 1. The zero-order valence-corrected chi connectivity index (χ0v) is 14.6. The average molecular weight is 335 g/mol. The molecule has 0 atom stereocenters. The minimum absolute atomic E-state index is 0.0332. The van der Waals surface area contributed by atoms with Crippen LogP contribution in [0.25, 0.3) is 0 Å². The molecule has 1 aliphatic rings. The lowest BCUT2D eigenvalue weighted by Crippen LogP contribution is -2.15. The van der Waals surface area contributed by atoms with Crippen LogP contribution in [-0.4, -0.2) is 36.9 Å². The smallest absolute Gasteiger partial charge is 0.310 e. The lowest BCUT2D eigenvalue weighted by molar-refractivity contribution is -0.140. The summed E-state index contributed by atoms with van der Waals surface area (Å²) in [5.41, 5.74) is 2.83. The molecule has 132 valence electrons. The molecule has 6 nitrogen and oxygen atoms in total. The monoisotopic (exact) mass is 335 g/mol. The number of nitrogens with one attached hydrogen (secondary N) is 1. The van der Waals surface area contributed by atoms with Gasteiger partial charge in [0.1, 0.15) is 0 Å². The van der Waals surface area contributed by atoms with E-state index < -0.39 is 0 Å². The van der Waals surface area contributed by atoms with Crippen molar-refractivity contribution in [1.29, 1.82) is 0 Å². The highest BCUT2D eigenvalue weighted by molar-refractivity contribution is 5.98. The number of hydrogen-bond donors (Lipinski definition) is 1. The predicted molar refractivity (Wildman–Crippen MR) is 87.9 cm³/mol. The summed E-state index contributed by atoms with van der Waals surface area (Å²) in [5, 5.41) is 0. The van der Waals surface area contributed by atoms with Gasteiger partial charge in [0.25, 0.3) is 0 Å². The first-order valence-corrected chi connectivity index (χ1v) is 8.36. The summed E-state index contributed by atoms with van der Waals surface area (Å²) < 4.78 is 9.45. The quantitative estimate of drug-likeness (QED) is 0.611. The lowest BCUT2D eigenvalue weighted by atomic mass is 9.94. The highest BCUT2D eigenvalue weighted by atomic mass is 16.5. The normalized spacial score (nSPS) is 14.6. The highest BCUT2D eigenvalue weighted by Crippen LogP contribution is 2.31. The molecule has 0 aromatic carbocycles. The molecule has 2 rings (SSSR count). The van der Waals surface area contributed by atoms with Crippen molar-refractivity contribution in [3.63, 3.8) is 0 Å². The molecular formula is C18H25NO5. The summed E-state index contributed by atoms with van der Waals surface area (Å²) in [6.07, 6.45) is 4.59. The molecule has 1 aromatic rings. The molecule has 1 aliphatic carbocycles. The first-order chi connectivity index (χ1) is 11.5. The average Bonchev–Trinajstić information content (AvgIpc) is 3.21. The van der Waals surface area contributed by atoms with Crippen LogP contribution >= 0.6 is 0 Å². The Morgan fingerprint density at radius 1 is 1.04 bits per heavy atom. The van der Waals surface area contributed by atoms with Gasteiger partial charge < -0.3 is 14.5 Å². The number of hydrogen-bond acceptors (Lipinski definition) is 5. The summed E-state index contributed by atoms with van der Waals surface area (Å²) in [5.74, 6) is -0.578. The van der Waals surface area contributed by atoms with Gasteiger partial charge in [-0.25, -0.2) is 0 Å². The molecule has 0 saturated heterocycles. The fourth-order valence-electron chi connectivity index (χ4n) is 3.38. The maximum atomic E-state index is 12.8. The van der Waals surface area contributed by atoms with E-state index >= 15 is 0 Å². The summed E-state index contributed by atoms with van der Waals surface area (Å²) >= 11 is 0. The van der Waals surface area contributed by atoms with Crippen LogP contribution in [0.15, 0.2) is 0 Å². The van der Waals surface area contributed by atoms with Crippen LogP contribution in [0.5, 0.6) is 0 Å². The third kappa shape index (κ3) is 4.04. The molecule has 1 saturated carbocycles. The van der Waals surface area contributed by atoms with Gasteiger partial charge in [0.15, 0.2) is 5.78 Å². The van der Waals surface area contributed by atoms with Crippen LogP contribution in [0.3, 0.4) is 0 Å². The van der Waals surface area contributed by atoms with Crippen LogP contribution in [0.1, 0.15) is 59.4 Å². The number of H-pyrrole nitrogens is 1. The molecule has 1 aromatic heterocycles. The second kappa shape index (κ2) is 8.13. The molecule has 0 bridgehead atoms. The number of esters is 2. The molecule has 24 heavy (non-hydrogen) atoms. The van der Waals surface area contributed by atoms with Gasteiger partial charge in [0.2, 0.25) is 0 Å². The van der Waals surface area contributed by atoms with Crippen molar-refractivity contribution in [2.24, 2.45) is 5.92 Å². The van der Waals surface area contributed by atoms with E-state index in [-0.39, 0.29) is 36.5 Å². The zero-order valence-electron chi connectivity index (χ0n) is 14.6. The Morgan fingerprint density at radius 2 is 1.67 bits per heavy atom. The van der Waals surface area contributed by atoms with Gasteiger partial charge in [-0.2, -0.15) is 0 Å². The fourth-order valence-corrected chi connectivity index (χ4v) is 3.38. The van der Waals surface area contributed by atoms with Crippen molar-refractivity contribution in [2.45, 2.75) is 51.9 Å². The maximum Gasteiger partial charge on any atom is 0.310 e. The standard InChI is InChI=1S/C18H25NO5/c1-11-14(10-16(21)24-3)13(8-9-15(20)23-2)17(19-11)18(22)12-6-4-5-7-12/h12,19H,4-10H2,1-3H3. The summed E-state index contributed by atoms with van der Waals surface area (Å²) in [6, 6.07) is 0. The van der Waals surface area contributed by atoms with Crippen molar-refractivity contribution in [3.05, 3.63) is 22.5 Å². The van der Waals surface area contributed by atoms with Crippen LogP contribution in [-0.2, 0) is 31.9 Å². The Morgan fingerprint density at radius 3 is 2.25 bits per heavy atom. The molecule has 0 spiro atoms.